The third-order valence-corrected chi connectivity index (χ3v) is 5.64. The number of aromatic nitrogens is 4. The summed E-state index contributed by atoms with van der Waals surface area (Å²) in [6, 6.07) is 33.0. The molecule has 0 unspecified atom stereocenters. The second kappa shape index (κ2) is 8.17. The van der Waals surface area contributed by atoms with Crippen LogP contribution in [0.3, 0.4) is 0 Å². The van der Waals surface area contributed by atoms with E-state index in [1.807, 2.05) is 35.3 Å². The van der Waals surface area contributed by atoms with Crippen molar-refractivity contribution in [1.29, 1.82) is 0 Å². The van der Waals surface area contributed by atoms with Crippen LogP contribution in [0.25, 0.3) is 11.3 Å². The van der Waals surface area contributed by atoms with Gasteiger partial charge in [-0.3, -0.25) is 4.68 Å². The van der Waals surface area contributed by atoms with Crippen molar-refractivity contribution in [2.45, 2.75) is 5.54 Å². The molecule has 0 amide bonds. The minimum absolute atomic E-state index is 0.401. The Bertz CT molecular complexity index is 1190. The molecule has 3 aromatic carbocycles. The first-order chi connectivity index (χ1) is 15.3. The zero-order valence-corrected chi connectivity index (χ0v) is 17.4. The minimum atomic E-state index is -0.654. The molecular formula is C26H19ClN4. The average molecular weight is 423 g/mol. The summed E-state index contributed by atoms with van der Waals surface area (Å²) in [5, 5.41) is 5.24. The van der Waals surface area contributed by atoms with E-state index in [2.05, 4.69) is 82.8 Å². The molecule has 2 aromatic heterocycles. The molecule has 0 aliphatic rings. The molecule has 5 heteroatoms. The molecule has 4 nitrogen and oxygen atoms in total. The van der Waals surface area contributed by atoms with Gasteiger partial charge in [0.2, 0.25) is 0 Å². The molecule has 31 heavy (non-hydrogen) atoms. The predicted octanol–water partition coefficient (Wildman–Crippen LogP) is 5.83. The minimum Gasteiger partial charge on any atom is -0.252 e. The lowest BCUT2D eigenvalue weighted by atomic mass is 9.77. The summed E-state index contributed by atoms with van der Waals surface area (Å²) in [6.45, 7) is 0. The van der Waals surface area contributed by atoms with E-state index in [4.69, 9.17) is 16.7 Å². The van der Waals surface area contributed by atoms with Crippen LogP contribution in [0.1, 0.15) is 16.7 Å². The van der Waals surface area contributed by atoms with Crippen LogP contribution in [-0.4, -0.2) is 19.7 Å². The van der Waals surface area contributed by atoms with Gasteiger partial charge >= 0.3 is 0 Å². The normalized spacial score (nSPS) is 11.4. The third-order valence-electron chi connectivity index (χ3n) is 5.43. The van der Waals surface area contributed by atoms with Gasteiger partial charge in [0, 0.05) is 17.8 Å². The van der Waals surface area contributed by atoms with E-state index in [1.165, 1.54) is 6.33 Å². The predicted molar refractivity (Wildman–Crippen MR) is 123 cm³/mol. The smallest absolute Gasteiger partial charge is 0.138 e. The van der Waals surface area contributed by atoms with Gasteiger partial charge in [0.25, 0.3) is 0 Å². The van der Waals surface area contributed by atoms with Crippen molar-refractivity contribution >= 4 is 11.6 Å². The van der Waals surface area contributed by atoms with Crippen molar-refractivity contribution < 1.29 is 0 Å². The van der Waals surface area contributed by atoms with Gasteiger partial charge in [-0.05, 0) is 16.7 Å². The summed E-state index contributed by atoms with van der Waals surface area (Å²) in [5.41, 5.74) is 4.29. The number of halogens is 1. The van der Waals surface area contributed by atoms with Crippen molar-refractivity contribution in [2.75, 3.05) is 0 Å². The van der Waals surface area contributed by atoms with Crippen LogP contribution in [0.2, 0.25) is 5.15 Å². The average Bonchev–Trinajstić information content (AvgIpc) is 3.32. The SMILES string of the molecule is Clc1cc(-c2cnn(C(c3ccccc3)(c3ccccc3)c3ccccc3)c2)ncn1. The summed E-state index contributed by atoms with van der Waals surface area (Å²) in [4.78, 5) is 8.37. The lowest BCUT2D eigenvalue weighted by Crippen LogP contribution is -2.38. The fourth-order valence-corrected chi connectivity index (χ4v) is 4.21. The van der Waals surface area contributed by atoms with E-state index in [0.717, 1.165) is 27.9 Å². The second-order valence-electron chi connectivity index (χ2n) is 7.21. The molecule has 0 saturated carbocycles. The molecule has 0 aliphatic carbocycles. The van der Waals surface area contributed by atoms with E-state index in [0.29, 0.717) is 5.15 Å². The topological polar surface area (TPSA) is 43.6 Å². The molecular weight excluding hydrogens is 404 g/mol. The van der Waals surface area contributed by atoms with E-state index in [-0.39, 0.29) is 0 Å². The third kappa shape index (κ3) is 3.41. The Morgan fingerprint density at radius 2 is 1.19 bits per heavy atom. The molecule has 0 spiro atoms. The molecule has 0 saturated heterocycles. The van der Waals surface area contributed by atoms with Crippen molar-refractivity contribution in [3.63, 3.8) is 0 Å². The van der Waals surface area contributed by atoms with Gasteiger partial charge in [-0.15, -0.1) is 0 Å². The molecule has 0 radical (unpaired) electrons. The van der Waals surface area contributed by atoms with Crippen LogP contribution < -0.4 is 0 Å². The highest BCUT2D eigenvalue weighted by atomic mass is 35.5. The van der Waals surface area contributed by atoms with Crippen LogP contribution in [-0.2, 0) is 5.54 Å². The van der Waals surface area contributed by atoms with Crippen LogP contribution >= 0.6 is 11.6 Å². The Hall–Kier alpha value is -3.76. The fourth-order valence-electron chi connectivity index (χ4n) is 4.06. The number of hydrogen-bond acceptors (Lipinski definition) is 3. The summed E-state index contributed by atoms with van der Waals surface area (Å²) < 4.78 is 2.01. The molecule has 150 valence electrons. The molecule has 2 heterocycles. The maximum atomic E-state index is 6.10. The maximum absolute atomic E-state index is 6.10. The molecule has 0 N–H and O–H groups in total. The number of hydrogen-bond donors (Lipinski definition) is 0. The Morgan fingerprint density at radius 3 is 1.68 bits per heavy atom. The highest BCUT2D eigenvalue weighted by molar-refractivity contribution is 6.29. The number of benzene rings is 3. The standard InChI is InChI=1S/C26H19ClN4/c27-25-16-24(28-19-29-25)20-17-30-31(18-20)26(21-10-4-1-5-11-21,22-12-6-2-7-13-22)23-14-8-3-9-15-23/h1-19H. The molecule has 0 bridgehead atoms. The van der Waals surface area contributed by atoms with Gasteiger partial charge in [0.05, 0.1) is 11.9 Å². The van der Waals surface area contributed by atoms with Gasteiger partial charge < -0.3 is 0 Å². The summed E-state index contributed by atoms with van der Waals surface area (Å²) >= 11 is 6.10. The van der Waals surface area contributed by atoms with Gasteiger partial charge in [0.15, 0.2) is 0 Å². The van der Waals surface area contributed by atoms with Crippen molar-refractivity contribution in [1.82, 2.24) is 19.7 Å². The first-order valence-electron chi connectivity index (χ1n) is 9.98. The quantitative estimate of drug-likeness (QED) is 0.264. The van der Waals surface area contributed by atoms with Gasteiger partial charge in [0.1, 0.15) is 17.0 Å². The zero-order valence-electron chi connectivity index (χ0n) is 16.6. The zero-order chi connectivity index (χ0) is 21.1. The summed E-state index contributed by atoms with van der Waals surface area (Å²) in [5.74, 6) is 0. The van der Waals surface area contributed by atoms with Crippen molar-refractivity contribution in [3.05, 3.63) is 138 Å². The van der Waals surface area contributed by atoms with Gasteiger partial charge in [-0.25, -0.2) is 9.97 Å². The summed E-state index contributed by atoms with van der Waals surface area (Å²) in [6.07, 6.45) is 5.31. The van der Waals surface area contributed by atoms with Crippen LogP contribution in [0.15, 0.2) is 116 Å². The lowest BCUT2D eigenvalue weighted by molar-refractivity contribution is 0.460. The van der Waals surface area contributed by atoms with E-state index in [1.54, 1.807) is 6.07 Å². The monoisotopic (exact) mass is 422 g/mol. The van der Waals surface area contributed by atoms with E-state index < -0.39 is 5.54 Å². The Balaban J connectivity index is 1.81. The number of rotatable bonds is 5. The van der Waals surface area contributed by atoms with Gasteiger partial charge in [-0.1, -0.05) is 103 Å². The van der Waals surface area contributed by atoms with E-state index >= 15 is 0 Å². The first-order valence-corrected chi connectivity index (χ1v) is 10.4. The lowest BCUT2D eigenvalue weighted by Gasteiger charge is -2.36. The Labute approximate surface area is 185 Å². The highest BCUT2D eigenvalue weighted by Gasteiger charge is 2.39. The van der Waals surface area contributed by atoms with Crippen molar-refractivity contribution in [3.8, 4) is 11.3 Å². The first kappa shape index (κ1) is 19.2. The van der Waals surface area contributed by atoms with Crippen LogP contribution in [0, 0.1) is 0 Å². The maximum Gasteiger partial charge on any atom is 0.138 e. The Kier molecular flexibility index (Phi) is 5.06. The molecule has 0 aliphatic heterocycles. The second-order valence-corrected chi connectivity index (χ2v) is 7.60. The van der Waals surface area contributed by atoms with Crippen LogP contribution in [0.4, 0.5) is 0 Å². The van der Waals surface area contributed by atoms with E-state index in [9.17, 15) is 0 Å². The highest BCUT2D eigenvalue weighted by Crippen LogP contribution is 2.40. The number of nitrogens with zero attached hydrogens (tertiary/aromatic N) is 4. The fraction of sp³-hybridized carbons (Fsp3) is 0.0385. The molecule has 0 fully saturated rings. The van der Waals surface area contributed by atoms with Crippen LogP contribution in [0.5, 0.6) is 0 Å². The molecule has 5 rings (SSSR count). The van der Waals surface area contributed by atoms with Gasteiger partial charge in [-0.2, -0.15) is 5.10 Å². The Morgan fingerprint density at radius 1 is 0.677 bits per heavy atom. The molecule has 0 atom stereocenters. The molecule has 5 aromatic rings. The summed E-state index contributed by atoms with van der Waals surface area (Å²) in [7, 11) is 0. The van der Waals surface area contributed by atoms with Crippen molar-refractivity contribution in [2.24, 2.45) is 0 Å². The largest absolute Gasteiger partial charge is 0.252 e.